The summed E-state index contributed by atoms with van der Waals surface area (Å²) in [6.45, 7) is 1.88. The van der Waals surface area contributed by atoms with E-state index in [9.17, 15) is 9.59 Å². The average molecular weight is 329 g/mol. The summed E-state index contributed by atoms with van der Waals surface area (Å²) in [6.07, 6.45) is 2.03. The number of imidazole rings is 1. The molecule has 112 valence electrons. The molecule has 0 saturated carbocycles. The van der Waals surface area contributed by atoms with Crippen LogP contribution in [0.15, 0.2) is 29.2 Å². The Morgan fingerprint density at radius 3 is 2.81 bits per heavy atom. The van der Waals surface area contributed by atoms with Crippen LogP contribution in [0.25, 0.3) is 0 Å². The Hall–Kier alpha value is -1.72. The number of esters is 1. The van der Waals surface area contributed by atoms with Gasteiger partial charge in [-0.3, -0.25) is 9.36 Å². The molecule has 1 aromatic carbocycles. The largest absolute Gasteiger partial charge is 0.465 e. The van der Waals surface area contributed by atoms with E-state index < -0.39 is 5.97 Å². The molecule has 0 aliphatic rings. The molecule has 7 heteroatoms. The number of H-pyrrole nitrogens is 1. The first-order valence-corrected chi connectivity index (χ1v) is 7.13. The minimum Gasteiger partial charge on any atom is -0.465 e. The number of nitrogens with one attached hydrogen (secondary N) is 1. The molecule has 0 fully saturated rings. The molecule has 21 heavy (non-hydrogen) atoms. The third-order valence-corrected chi connectivity index (χ3v) is 3.43. The van der Waals surface area contributed by atoms with Gasteiger partial charge in [0.05, 0.1) is 6.61 Å². The summed E-state index contributed by atoms with van der Waals surface area (Å²) >= 11 is 11.9. The van der Waals surface area contributed by atoms with Gasteiger partial charge in [-0.1, -0.05) is 29.3 Å². The molecule has 1 N–H and O–H groups in total. The Balaban J connectivity index is 2.15. The van der Waals surface area contributed by atoms with Crippen LogP contribution in [-0.2, 0) is 22.5 Å². The lowest BCUT2D eigenvalue weighted by Gasteiger charge is -2.03. The maximum Gasteiger partial charge on any atom is 0.326 e. The normalized spacial score (nSPS) is 10.6. The Morgan fingerprint density at radius 2 is 2.14 bits per heavy atom. The van der Waals surface area contributed by atoms with Gasteiger partial charge in [0.1, 0.15) is 6.54 Å². The highest BCUT2D eigenvalue weighted by molar-refractivity contribution is 6.35. The number of nitrogens with zero attached hydrogens (tertiary/aromatic N) is 1. The molecule has 0 radical (unpaired) electrons. The number of hydrogen-bond donors (Lipinski definition) is 1. The molecular formula is C14H14Cl2N2O3. The second kappa shape index (κ2) is 6.83. The maximum absolute atomic E-state index is 11.8. The molecule has 1 heterocycles. The number of benzene rings is 1. The van der Waals surface area contributed by atoms with E-state index >= 15 is 0 Å². The minimum atomic E-state index is -0.449. The number of carbonyl (C=O) groups excluding carboxylic acids is 1. The monoisotopic (exact) mass is 328 g/mol. The second-order valence-electron chi connectivity index (χ2n) is 4.43. The first-order valence-electron chi connectivity index (χ1n) is 6.37. The van der Waals surface area contributed by atoms with Gasteiger partial charge in [-0.25, -0.2) is 4.79 Å². The van der Waals surface area contributed by atoms with Crippen molar-refractivity contribution in [3.05, 3.63) is 56.2 Å². The van der Waals surface area contributed by atoms with Gasteiger partial charge in [-0.15, -0.1) is 0 Å². The predicted molar refractivity (Wildman–Crippen MR) is 81.0 cm³/mol. The number of rotatable bonds is 5. The minimum absolute atomic E-state index is 0.114. The van der Waals surface area contributed by atoms with E-state index in [2.05, 4.69) is 4.98 Å². The second-order valence-corrected chi connectivity index (χ2v) is 5.27. The van der Waals surface area contributed by atoms with Crippen molar-refractivity contribution in [2.24, 2.45) is 0 Å². The quantitative estimate of drug-likeness (QED) is 0.858. The fourth-order valence-corrected chi connectivity index (χ4v) is 2.39. The summed E-state index contributed by atoms with van der Waals surface area (Å²) in [5, 5.41) is 1.08. The van der Waals surface area contributed by atoms with Crippen molar-refractivity contribution in [3.63, 3.8) is 0 Å². The van der Waals surface area contributed by atoms with Crippen LogP contribution in [-0.4, -0.2) is 22.1 Å². The third-order valence-electron chi connectivity index (χ3n) is 2.84. The lowest BCUT2D eigenvalue weighted by molar-refractivity contribution is -0.143. The van der Waals surface area contributed by atoms with E-state index in [4.69, 9.17) is 27.9 Å². The topological polar surface area (TPSA) is 64.1 Å². The molecule has 0 saturated heterocycles. The summed E-state index contributed by atoms with van der Waals surface area (Å²) in [5.41, 5.74) is 1.14. The SMILES string of the molecule is CCOC(=O)Cn1cc(Cc2ccc(Cl)cc2Cl)[nH]c1=O. The summed E-state index contributed by atoms with van der Waals surface area (Å²) in [6, 6.07) is 5.17. The number of ether oxygens (including phenoxy) is 1. The number of aromatic nitrogens is 2. The Labute approximate surface area is 131 Å². The lowest BCUT2D eigenvalue weighted by Crippen LogP contribution is -2.22. The fourth-order valence-electron chi connectivity index (χ4n) is 1.91. The van der Waals surface area contributed by atoms with Gasteiger partial charge >= 0.3 is 11.7 Å². The van der Waals surface area contributed by atoms with Crippen LogP contribution in [0.1, 0.15) is 18.2 Å². The van der Waals surface area contributed by atoms with Crippen LogP contribution in [0.3, 0.4) is 0 Å². The van der Waals surface area contributed by atoms with Crippen molar-refractivity contribution in [2.75, 3.05) is 6.61 Å². The molecule has 2 aromatic rings. The van der Waals surface area contributed by atoms with Gasteiger partial charge in [0, 0.05) is 28.4 Å². The van der Waals surface area contributed by atoms with Crippen LogP contribution in [0, 0.1) is 0 Å². The zero-order chi connectivity index (χ0) is 15.4. The van der Waals surface area contributed by atoms with Crippen molar-refractivity contribution in [3.8, 4) is 0 Å². The number of aromatic amines is 1. The van der Waals surface area contributed by atoms with Crippen LogP contribution < -0.4 is 5.69 Å². The molecule has 0 aliphatic heterocycles. The Morgan fingerprint density at radius 1 is 1.38 bits per heavy atom. The highest BCUT2D eigenvalue weighted by Gasteiger charge is 2.10. The van der Waals surface area contributed by atoms with Crippen LogP contribution >= 0.6 is 23.2 Å². The Kier molecular flexibility index (Phi) is 5.09. The number of halogens is 2. The van der Waals surface area contributed by atoms with E-state index in [0.29, 0.717) is 22.2 Å². The highest BCUT2D eigenvalue weighted by Crippen LogP contribution is 2.22. The van der Waals surface area contributed by atoms with Crippen molar-refractivity contribution < 1.29 is 9.53 Å². The van der Waals surface area contributed by atoms with E-state index in [1.807, 2.05) is 0 Å². The summed E-state index contributed by atoms with van der Waals surface area (Å²) < 4.78 is 6.09. The summed E-state index contributed by atoms with van der Waals surface area (Å²) in [4.78, 5) is 25.8. The van der Waals surface area contributed by atoms with Crippen molar-refractivity contribution in [1.29, 1.82) is 0 Å². The molecule has 0 atom stereocenters. The molecule has 0 aliphatic carbocycles. The van der Waals surface area contributed by atoms with Gasteiger partial charge in [-0.05, 0) is 24.6 Å². The average Bonchev–Trinajstić information content (AvgIpc) is 2.73. The van der Waals surface area contributed by atoms with E-state index in [0.717, 1.165) is 5.56 Å². The van der Waals surface area contributed by atoms with Crippen molar-refractivity contribution in [1.82, 2.24) is 9.55 Å². The predicted octanol–water partition coefficient (Wildman–Crippen LogP) is 2.64. The van der Waals surface area contributed by atoms with Crippen LogP contribution in [0.2, 0.25) is 10.0 Å². The van der Waals surface area contributed by atoms with E-state index in [1.54, 1.807) is 31.3 Å². The molecule has 2 rings (SSSR count). The zero-order valence-electron chi connectivity index (χ0n) is 11.4. The standard InChI is InChI=1S/C14H14Cl2N2O3/c1-2-21-13(19)8-18-7-11(17-14(18)20)5-9-3-4-10(15)6-12(9)16/h3-4,6-7H,2,5,8H2,1H3,(H,17,20). The Bertz CT molecular complexity index is 706. The molecule has 1 aromatic heterocycles. The number of carbonyl (C=O) groups is 1. The molecule has 0 amide bonds. The maximum atomic E-state index is 11.8. The van der Waals surface area contributed by atoms with Gasteiger partial charge in [-0.2, -0.15) is 0 Å². The molecule has 0 unspecified atom stereocenters. The van der Waals surface area contributed by atoms with Gasteiger partial charge in [0.2, 0.25) is 0 Å². The number of hydrogen-bond acceptors (Lipinski definition) is 3. The van der Waals surface area contributed by atoms with Gasteiger partial charge in [0.25, 0.3) is 0 Å². The fraction of sp³-hybridized carbons (Fsp3) is 0.286. The molecular weight excluding hydrogens is 315 g/mol. The highest BCUT2D eigenvalue weighted by atomic mass is 35.5. The molecule has 0 bridgehead atoms. The summed E-state index contributed by atoms with van der Waals surface area (Å²) in [5.74, 6) is -0.449. The van der Waals surface area contributed by atoms with Crippen LogP contribution in [0.4, 0.5) is 0 Å². The van der Waals surface area contributed by atoms with E-state index in [-0.39, 0.29) is 18.8 Å². The van der Waals surface area contributed by atoms with Gasteiger partial charge in [0.15, 0.2) is 0 Å². The summed E-state index contributed by atoms with van der Waals surface area (Å²) in [7, 11) is 0. The lowest BCUT2D eigenvalue weighted by atomic mass is 10.1. The van der Waals surface area contributed by atoms with Crippen molar-refractivity contribution >= 4 is 29.2 Å². The van der Waals surface area contributed by atoms with Crippen molar-refractivity contribution in [2.45, 2.75) is 19.9 Å². The molecule has 5 nitrogen and oxygen atoms in total. The van der Waals surface area contributed by atoms with E-state index in [1.165, 1.54) is 4.57 Å². The third kappa shape index (κ3) is 4.12. The first kappa shape index (κ1) is 15.7. The van der Waals surface area contributed by atoms with Crippen LogP contribution in [0.5, 0.6) is 0 Å². The zero-order valence-corrected chi connectivity index (χ0v) is 12.9. The molecule has 0 spiro atoms. The van der Waals surface area contributed by atoms with Gasteiger partial charge < -0.3 is 9.72 Å². The first-order chi connectivity index (χ1) is 9.99. The smallest absolute Gasteiger partial charge is 0.326 e.